The van der Waals surface area contributed by atoms with E-state index in [1.807, 2.05) is 35.2 Å². The third kappa shape index (κ3) is 3.75. The Morgan fingerprint density at radius 1 is 0.885 bits per heavy atom. The van der Waals surface area contributed by atoms with E-state index in [0.717, 1.165) is 24.2 Å². The van der Waals surface area contributed by atoms with Gasteiger partial charge >= 0.3 is 0 Å². The second kappa shape index (κ2) is 7.92. The highest BCUT2D eigenvalue weighted by molar-refractivity contribution is 5.94. The first kappa shape index (κ1) is 17.1. The van der Waals surface area contributed by atoms with Crippen LogP contribution in [0.4, 0.5) is 5.69 Å². The van der Waals surface area contributed by atoms with E-state index in [9.17, 15) is 4.79 Å². The topological polar surface area (TPSA) is 32.8 Å². The molecule has 0 radical (unpaired) electrons. The van der Waals surface area contributed by atoms with Gasteiger partial charge in [-0.2, -0.15) is 0 Å². The van der Waals surface area contributed by atoms with E-state index in [0.29, 0.717) is 19.7 Å². The van der Waals surface area contributed by atoms with Gasteiger partial charge in [-0.25, -0.2) is 0 Å². The number of carbonyl (C=O) groups is 1. The van der Waals surface area contributed by atoms with Gasteiger partial charge in [0.2, 0.25) is 0 Å². The van der Waals surface area contributed by atoms with E-state index in [1.54, 1.807) is 0 Å². The molecule has 2 saturated heterocycles. The van der Waals surface area contributed by atoms with Crippen molar-refractivity contribution in [3.63, 3.8) is 0 Å². The van der Waals surface area contributed by atoms with Gasteiger partial charge in [0.25, 0.3) is 5.91 Å². The standard InChI is InChI=1S/C22H26N2O2/c25-22(19-9-11-20(12-10-19)23-13-5-2-6-14-23)24-15-16-26-21(17-24)18-7-3-1-4-8-18/h1,3-4,7-12,21H,2,5-6,13-17H2/t21-/m1/s1. The predicted octanol–water partition coefficient (Wildman–Crippen LogP) is 3.89. The van der Waals surface area contributed by atoms with Crippen molar-refractivity contribution in [2.24, 2.45) is 0 Å². The van der Waals surface area contributed by atoms with Crippen LogP contribution in [0.2, 0.25) is 0 Å². The first-order valence-corrected chi connectivity index (χ1v) is 9.62. The van der Waals surface area contributed by atoms with Gasteiger partial charge in [-0.05, 0) is 49.1 Å². The summed E-state index contributed by atoms with van der Waals surface area (Å²) in [5.74, 6) is 0.0967. The van der Waals surface area contributed by atoms with Gasteiger partial charge in [0.05, 0.1) is 13.2 Å². The van der Waals surface area contributed by atoms with Crippen LogP contribution in [0.25, 0.3) is 0 Å². The first-order chi connectivity index (χ1) is 12.8. The van der Waals surface area contributed by atoms with Crippen LogP contribution in [0, 0.1) is 0 Å². The zero-order chi connectivity index (χ0) is 17.8. The van der Waals surface area contributed by atoms with Crippen molar-refractivity contribution in [1.82, 2.24) is 4.90 Å². The summed E-state index contributed by atoms with van der Waals surface area (Å²) in [6.07, 6.45) is 3.80. The Hall–Kier alpha value is -2.33. The normalized spacial score (nSPS) is 20.8. The number of carbonyl (C=O) groups excluding carboxylic acids is 1. The van der Waals surface area contributed by atoms with Gasteiger partial charge in [0.15, 0.2) is 0 Å². The lowest BCUT2D eigenvalue weighted by molar-refractivity contribution is -0.0228. The van der Waals surface area contributed by atoms with E-state index < -0.39 is 0 Å². The number of piperidine rings is 1. The minimum absolute atomic E-state index is 0.0403. The molecule has 0 N–H and O–H groups in total. The van der Waals surface area contributed by atoms with Gasteiger partial charge < -0.3 is 14.5 Å². The zero-order valence-electron chi connectivity index (χ0n) is 15.1. The summed E-state index contributed by atoms with van der Waals surface area (Å²) in [5, 5.41) is 0. The molecule has 0 unspecified atom stereocenters. The summed E-state index contributed by atoms with van der Waals surface area (Å²) < 4.78 is 5.88. The molecule has 2 aliphatic heterocycles. The van der Waals surface area contributed by atoms with Crippen LogP contribution >= 0.6 is 0 Å². The lowest BCUT2D eigenvalue weighted by Crippen LogP contribution is -2.42. The number of anilines is 1. The maximum Gasteiger partial charge on any atom is 0.254 e. The molecule has 0 bridgehead atoms. The van der Waals surface area contributed by atoms with Crippen LogP contribution in [-0.2, 0) is 4.74 Å². The van der Waals surface area contributed by atoms with E-state index in [1.165, 1.54) is 24.9 Å². The molecule has 0 saturated carbocycles. The van der Waals surface area contributed by atoms with E-state index in [4.69, 9.17) is 4.74 Å². The minimum Gasteiger partial charge on any atom is -0.372 e. The maximum absolute atomic E-state index is 12.9. The quantitative estimate of drug-likeness (QED) is 0.842. The first-order valence-electron chi connectivity index (χ1n) is 9.62. The van der Waals surface area contributed by atoms with Crippen molar-refractivity contribution in [2.75, 3.05) is 37.7 Å². The second-order valence-corrected chi connectivity index (χ2v) is 7.12. The highest BCUT2D eigenvalue weighted by Gasteiger charge is 2.26. The average Bonchev–Trinajstić information content (AvgIpc) is 2.75. The van der Waals surface area contributed by atoms with E-state index >= 15 is 0 Å². The van der Waals surface area contributed by atoms with Crippen LogP contribution in [0.1, 0.15) is 41.3 Å². The van der Waals surface area contributed by atoms with Crippen LogP contribution in [0.5, 0.6) is 0 Å². The smallest absolute Gasteiger partial charge is 0.254 e. The van der Waals surface area contributed by atoms with Crippen molar-refractivity contribution in [2.45, 2.75) is 25.4 Å². The molecule has 0 spiro atoms. The number of hydrogen-bond donors (Lipinski definition) is 0. The van der Waals surface area contributed by atoms with Gasteiger partial charge in [-0.3, -0.25) is 4.79 Å². The number of ether oxygens (including phenoxy) is 1. The SMILES string of the molecule is O=C(c1ccc(N2CCCCC2)cc1)N1CCO[C@@H](c2ccccc2)C1. The van der Waals surface area contributed by atoms with Gasteiger partial charge in [0, 0.05) is 30.9 Å². The highest BCUT2D eigenvalue weighted by Crippen LogP contribution is 2.24. The fourth-order valence-corrected chi connectivity index (χ4v) is 3.85. The molecule has 0 aromatic heterocycles. The maximum atomic E-state index is 12.9. The number of nitrogens with zero attached hydrogens (tertiary/aromatic N) is 2. The molecule has 0 aliphatic carbocycles. The molecule has 2 aromatic carbocycles. The zero-order valence-corrected chi connectivity index (χ0v) is 15.1. The molecular formula is C22H26N2O2. The second-order valence-electron chi connectivity index (χ2n) is 7.12. The molecule has 136 valence electrons. The number of amides is 1. The lowest BCUT2D eigenvalue weighted by Gasteiger charge is -2.33. The molecule has 26 heavy (non-hydrogen) atoms. The molecule has 2 aromatic rings. The summed E-state index contributed by atoms with van der Waals surface area (Å²) >= 11 is 0. The fourth-order valence-electron chi connectivity index (χ4n) is 3.85. The Morgan fingerprint density at radius 2 is 1.62 bits per heavy atom. The van der Waals surface area contributed by atoms with E-state index in [-0.39, 0.29) is 12.0 Å². The van der Waals surface area contributed by atoms with Crippen LogP contribution in [0.3, 0.4) is 0 Å². The Balaban J connectivity index is 1.43. The summed E-state index contributed by atoms with van der Waals surface area (Å²) in [7, 11) is 0. The van der Waals surface area contributed by atoms with Gasteiger partial charge in [-0.15, -0.1) is 0 Å². The highest BCUT2D eigenvalue weighted by atomic mass is 16.5. The van der Waals surface area contributed by atoms with E-state index in [2.05, 4.69) is 29.2 Å². The molecular weight excluding hydrogens is 324 g/mol. The largest absolute Gasteiger partial charge is 0.372 e. The number of hydrogen-bond acceptors (Lipinski definition) is 3. The molecule has 2 aliphatic rings. The molecule has 2 fully saturated rings. The molecule has 4 rings (SSSR count). The summed E-state index contributed by atoms with van der Waals surface area (Å²) in [4.78, 5) is 17.2. The predicted molar refractivity (Wildman–Crippen MR) is 104 cm³/mol. The Kier molecular flexibility index (Phi) is 5.21. The molecule has 4 heteroatoms. The number of benzene rings is 2. The van der Waals surface area contributed by atoms with Crippen molar-refractivity contribution in [3.05, 3.63) is 65.7 Å². The monoisotopic (exact) mass is 350 g/mol. The Labute approximate surface area is 155 Å². The third-order valence-corrected chi connectivity index (χ3v) is 5.36. The average molecular weight is 350 g/mol. The van der Waals surface area contributed by atoms with Gasteiger partial charge in [0.1, 0.15) is 6.10 Å². The Bertz CT molecular complexity index is 724. The van der Waals surface area contributed by atoms with Crippen molar-refractivity contribution >= 4 is 11.6 Å². The van der Waals surface area contributed by atoms with Crippen LogP contribution in [0.15, 0.2) is 54.6 Å². The number of morpholine rings is 1. The summed E-state index contributed by atoms with van der Waals surface area (Å²) in [5.41, 5.74) is 3.12. The van der Waals surface area contributed by atoms with Gasteiger partial charge in [-0.1, -0.05) is 30.3 Å². The summed E-state index contributed by atoms with van der Waals surface area (Å²) in [6.45, 7) is 4.08. The van der Waals surface area contributed by atoms with Crippen LogP contribution in [-0.4, -0.2) is 43.6 Å². The van der Waals surface area contributed by atoms with Crippen molar-refractivity contribution in [3.8, 4) is 0 Å². The molecule has 1 amide bonds. The van der Waals surface area contributed by atoms with Crippen molar-refractivity contribution < 1.29 is 9.53 Å². The summed E-state index contributed by atoms with van der Waals surface area (Å²) in [6, 6.07) is 18.3. The fraction of sp³-hybridized carbons (Fsp3) is 0.409. The minimum atomic E-state index is -0.0403. The molecule has 4 nitrogen and oxygen atoms in total. The third-order valence-electron chi connectivity index (χ3n) is 5.36. The number of rotatable bonds is 3. The van der Waals surface area contributed by atoms with Crippen LogP contribution < -0.4 is 4.90 Å². The molecule has 2 heterocycles. The lowest BCUT2D eigenvalue weighted by atomic mass is 10.1. The molecule has 1 atom stereocenters. The van der Waals surface area contributed by atoms with Crippen molar-refractivity contribution in [1.29, 1.82) is 0 Å². The Morgan fingerprint density at radius 3 is 2.35 bits per heavy atom.